The van der Waals surface area contributed by atoms with E-state index in [0.29, 0.717) is 11.1 Å². The van der Waals surface area contributed by atoms with Crippen LogP contribution in [-0.4, -0.2) is 10.9 Å². The minimum atomic E-state index is -0.404. The predicted molar refractivity (Wildman–Crippen MR) is 88.4 cm³/mol. The van der Waals surface area contributed by atoms with Crippen molar-refractivity contribution < 1.29 is 4.79 Å². The molecule has 0 aliphatic heterocycles. The van der Waals surface area contributed by atoms with Crippen molar-refractivity contribution in [1.29, 1.82) is 0 Å². The van der Waals surface area contributed by atoms with Gasteiger partial charge in [0.25, 0.3) is 5.91 Å². The minimum absolute atomic E-state index is 0.110. The number of para-hydroxylation sites is 1. The average Bonchev–Trinajstić information content (AvgIpc) is 2.50. The monoisotopic (exact) mass is 292 g/mol. The Morgan fingerprint density at radius 3 is 2.64 bits per heavy atom. The van der Waals surface area contributed by atoms with E-state index in [4.69, 9.17) is 0 Å². The molecule has 3 aromatic rings. The summed E-state index contributed by atoms with van der Waals surface area (Å²) in [6.45, 7) is 3.92. The molecule has 110 valence electrons. The van der Waals surface area contributed by atoms with Crippen molar-refractivity contribution in [2.75, 3.05) is 5.32 Å². The first-order valence-electron chi connectivity index (χ1n) is 7.05. The number of aromatic amines is 1. The lowest BCUT2D eigenvalue weighted by Gasteiger charge is -2.09. The van der Waals surface area contributed by atoms with E-state index in [1.54, 1.807) is 12.1 Å². The largest absolute Gasteiger partial charge is 0.360 e. The van der Waals surface area contributed by atoms with E-state index >= 15 is 0 Å². The van der Waals surface area contributed by atoms with E-state index < -0.39 is 5.91 Å². The van der Waals surface area contributed by atoms with Crippen molar-refractivity contribution >= 4 is 22.5 Å². The lowest BCUT2D eigenvalue weighted by molar-refractivity contribution is 0.102. The molecule has 4 nitrogen and oxygen atoms in total. The number of aryl methyl sites for hydroxylation is 2. The van der Waals surface area contributed by atoms with E-state index in [0.717, 1.165) is 16.6 Å². The molecule has 0 saturated carbocycles. The van der Waals surface area contributed by atoms with E-state index in [9.17, 15) is 9.59 Å². The number of carbonyl (C=O) groups excluding carboxylic acids is 1. The Morgan fingerprint density at radius 1 is 1.09 bits per heavy atom. The number of rotatable bonds is 2. The van der Waals surface area contributed by atoms with Crippen molar-refractivity contribution in [2.45, 2.75) is 13.8 Å². The third-order valence-electron chi connectivity index (χ3n) is 3.66. The zero-order valence-electron chi connectivity index (χ0n) is 12.4. The van der Waals surface area contributed by atoms with Crippen LogP contribution >= 0.6 is 0 Å². The van der Waals surface area contributed by atoms with Gasteiger partial charge in [-0.1, -0.05) is 29.8 Å². The van der Waals surface area contributed by atoms with Crippen LogP contribution in [0.15, 0.2) is 53.5 Å². The molecule has 0 atom stereocenters. The number of aromatic nitrogens is 1. The first-order valence-corrected chi connectivity index (χ1v) is 7.05. The molecule has 22 heavy (non-hydrogen) atoms. The number of hydrogen-bond donors (Lipinski definition) is 2. The number of carbonyl (C=O) groups is 1. The fourth-order valence-electron chi connectivity index (χ4n) is 2.48. The van der Waals surface area contributed by atoms with Crippen molar-refractivity contribution in [1.82, 2.24) is 4.98 Å². The standard InChI is InChI=1S/C18H16N2O2/c1-11-7-8-15(12(2)9-11)20-18(22)14-10-19-16-6-4-3-5-13(16)17(14)21/h3-10H,1-2H3,(H,19,21)(H,20,22). The molecule has 1 heterocycles. The predicted octanol–water partition coefficient (Wildman–Crippen LogP) is 3.40. The summed E-state index contributed by atoms with van der Waals surface area (Å²) in [5.41, 5.74) is 3.36. The fourth-order valence-corrected chi connectivity index (χ4v) is 2.48. The number of amides is 1. The van der Waals surface area contributed by atoms with Gasteiger partial charge in [-0.25, -0.2) is 0 Å². The molecule has 2 N–H and O–H groups in total. The average molecular weight is 292 g/mol. The summed E-state index contributed by atoms with van der Waals surface area (Å²) >= 11 is 0. The van der Waals surface area contributed by atoms with Gasteiger partial charge >= 0.3 is 0 Å². The summed E-state index contributed by atoms with van der Waals surface area (Å²) in [7, 11) is 0. The van der Waals surface area contributed by atoms with Gasteiger partial charge in [0.2, 0.25) is 5.43 Å². The van der Waals surface area contributed by atoms with Gasteiger partial charge in [-0.3, -0.25) is 9.59 Å². The van der Waals surface area contributed by atoms with Crippen LogP contribution in [-0.2, 0) is 0 Å². The minimum Gasteiger partial charge on any atom is -0.360 e. The molecular weight excluding hydrogens is 276 g/mol. The molecule has 1 aromatic heterocycles. The van der Waals surface area contributed by atoms with Gasteiger partial charge in [0.1, 0.15) is 5.56 Å². The quantitative estimate of drug-likeness (QED) is 0.760. The third-order valence-corrected chi connectivity index (χ3v) is 3.66. The maximum atomic E-state index is 12.4. The zero-order chi connectivity index (χ0) is 15.7. The summed E-state index contributed by atoms with van der Waals surface area (Å²) in [4.78, 5) is 27.8. The summed E-state index contributed by atoms with van der Waals surface area (Å²) in [6, 6.07) is 12.9. The van der Waals surface area contributed by atoms with E-state index in [2.05, 4.69) is 10.3 Å². The highest BCUT2D eigenvalue weighted by Crippen LogP contribution is 2.17. The van der Waals surface area contributed by atoms with Gasteiger partial charge in [-0.05, 0) is 37.6 Å². The number of fused-ring (bicyclic) bond motifs is 1. The number of nitrogens with one attached hydrogen (secondary N) is 2. The number of hydrogen-bond acceptors (Lipinski definition) is 2. The Kier molecular flexibility index (Phi) is 3.51. The van der Waals surface area contributed by atoms with Crippen LogP contribution in [0.1, 0.15) is 21.5 Å². The molecule has 0 bridgehead atoms. The van der Waals surface area contributed by atoms with E-state index in [1.807, 2.05) is 44.2 Å². The zero-order valence-corrected chi connectivity index (χ0v) is 12.4. The first kappa shape index (κ1) is 14.1. The maximum Gasteiger partial charge on any atom is 0.261 e. The number of pyridine rings is 1. The molecule has 0 aliphatic rings. The first-order chi connectivity index (χ1) is 10.6. The molecule has 2 aromatic carbocycles. The summed E-state index contributed by atoms with van der Waals surface area (Å²) in [5, 5.41) is 3.31. The smallest absolute Gasteiger partial charge is 0.261 e. The molecular formula is C18H16N2O2. The van der Waals surface area contributed by atoms with Crippen molar-refractivity contribution in [3.63, 3.8) is 0 Å². The van der Waals surface area contributed by atoms with E-state index in [1.165, 1.54) is 6.20 Å². The van der Waals surface area contributed by atoms with Crippen LogP contribution in [0.2, 0.25) is 0 Å². The molecule has 3 rings (SSSR count). The molecule has 0 fully saturated rings. The van der Waals surface area contributed by atoms with Crippen LogP contribution in [0.25, 0.3) is 10.9 Å². The molecule has 0 unspecified atom stereocenters. The normalized spacial score (nSPS) is 10.6. The van der Waals surface area contributed by atoms with Crippen LogP contribution < -0.4 is 10.7 Å². The fraction of sp³-hybridized carbons (Fsp3) is 0.111. The number of benzene rings is 2. The van der Waals surface area contributed by atoms with Gasteiger partial charge in [0.05, 0.1) is 0 Å². The third kappa shape index (κ3) is 2.51. The summed E-state index contributed by atoms with van der Waals surface area (Å²) < 4.78 is 0. The Balaban J connectivity index is 1.99. The topological polar surface area (TPSA) is 62.0 Å². The SMILES string of the molecule is Cc1ccc(NC(=O)c2c[nH]c3ccccc3c2=O)c(C)c1. The molecule has 0 radical (unpaired) electrons. The van der Waals surface area contributed by atoms with Crippen LogP contribution in [0.3, 0.4) is 0 Å². The highest BCUT2D eigenvalue weighted by atomic mass is 16.2. The Hall–Kier alpha value is -2.88. The summed E-state index contributed by atoms with van der Waals surface area (Å²) in [5.74, 6) is -0.404. The van der Waals surface area contributed by atoms with Crippen molar-refractivity contribution in [3.05, 3.63) is 75.6 Å². The molecule has 0 aliphatic carbocycles. The van der Waals surface area contributed by atoms with Gasteiger partial charge in [-0.15, -0.1) is 0 Å². The second-order valence-electron chi connectivity index (χ2n) is 5.35. The lowest BCUT2D eigenvalue weighted by Crippen LogP contribution is -2.22. The Morgan fingerprint density at radius 2 is 1.86 bits per heavy atom. The van der Waals surface area contributed by atoms with Crippen molar-refractivity contribution in [3.8, 4) is 0 Å². The van der Waals surface area contributed by atoms with Gasteiger partial charge in [0, 0.05) is 22.8 Å². The van der Waals surface area contributed by atoms with Crippen LogP contribution in [0.5, 0.6) is 0 Å². The molecule has 0 spiro atoms. The maximum absolute atomic E-state index is 12.4. The molecule has 0 saturated heterocycles. The number of anilines is 1. The van der Waals surface area contributed by atoms with Gasteiger partial charge < -0.3 is 10.3 Å². The Labute approximate surface area is 127 Å². The lowest BCUT2D eigenvalue weighted by atomic mass is 10.1. The molecule has 4 heteroatoms. The highest BCUT2D eigenvalue weighted by molar-refractivity contribution is 6.06. The highest BCUT2D eigenvalue weighted by Gasteiger charge is 2.13. The summed E-state index contributed by atoms with van der Waals surface area (Å²) in [6.07, 6.45) is 1.46. The van der Waals surface area contributed by atoms with Crippen LogP contribution in [0.4, 0.5) is 5.69 Å². The van der Waals surface area contributed by atoms with Gasteiger partial charge in [-0.2, -0.15) is 0 Å². The second kappa shape index (κ2) is 5.48. The van der Waals surface area contributed by atoms with E-state index in [-0.39, 0.29) is 11.0 Å². The number of H-pyrrole nitrogens is 1. The second-order valence-corrected chi connectivity index (χ2v) is 5.35. The molecule has 1 amide bonds. The van der Waals surface area contributed by atoms with Crippen molar-refractivity contribution in [2.24, 2.45) is 0 Å². The van der Waals surface area contributed by atoms with Crippen LogP contribution in [0, 0.1) is 13.8 Å². The van der Waals surface area contributed by atoms with Gasteiger partial charge in [0.15, 0.2) is 0 Å². The Bertz CT molecular complexity index is 926.